The van der Waals surface area contributed by atoms with Crippen molar-refractivity contribution in [1.82, 2.24) is 4.72 Å². The maximum Gasteiger partial charge on any atom is 0.337 e. The lowest BCUT2D eigenvalue weighted by Crippen LogP contribution is -2.42. The fourth-order valence-electron chi connectivity index (χ4n) is 1.49. The molecule has 1 amide bonds. The lowest BCUT2D eigenvalue weighted by atomic mass is 10.1. The monoisotopic (exact) mass is 300 g/mol. The molecule has 0 unspecified atom stereocenters. The molecule has 110 valence electrons. The summed E-state index contributed by atoms with van der Waals surface area (Å²) in [5, 5.41) is 0. The van der Waals surface area contributed by atoms with Crippen LogP contribution in [0, 0.1) is 6.92 Å². The number of hydrogen-bond donors (Lipinski definition) is 2. The number of amides is 1. The van der Waals surface area contributed by atoms with Crippen LogP contribution < -0.4 is 10.5 Å². The zero-order valence-corrected chi connectivity index (χ0v) is 12.2. The summed E-state index contributed by atoms with van der Waals surface area (Å²) in [7, 11) is -2.76. The lowest BCUT2D eigenvalue weighted by Gasteiger charge is -2.13. The first-order chi connectivity index (χ1) is 9.19. The van der Waals surface area contributed by atoms with Crippen LogP contribution in [-0.2, 0) is 19.6 Å². The molecule has 0 fully saturated rings. The predicted molar refractivity (Wildman–Crippen MR) is 71.5 cm³/mol. The van der Waals surface area contributed by atoms with E-state index in [0.717, 1.165) is 0 Å². The summed E-state index contributed by atoms with van der Waals surface area (Å²) in [5.41, 5.74) is 5.55. The van der Waals surface area contributed by atoms with Crippen LogP contribution in [0.5, 0.6) is 0 Å². The normalized spacial score (nSPS) is 12.8. The van der Waals surface area contributed by atoms with Crippen LogP contribution in [0.4, 0.5) is 0 Å². The molecule has 0 saturated heterocycles. The molecule has 1 atom stereocenters. The molecule has 8 heteroatoms. The minimum absolute atomic E-state index is 0.102. The lowest BCUT2D eigenvalue weighted by molar-refractivity contribution is -0.119. The summed E-state index contributed by atoms with van der Waals surface area (Å²) in [6.07, 6.45) is 0. The minimum Gasteiger partial charge on any atom is -0.465 e. The van der Waals surface area contributed by atoms with E-state index in [9.17, 15) is 18.0 Å². The highest BCUT2D eigenvalue weighted by atomic mass is 32.2. The first-order valence-corrected chi connectivity index (χ1v) is 7.18. The van der Waals surface area contributed by atoms with E-state index in [0.29, 0.717) is 5.56 Å². The summed E-state index contributed by atoms with van der Waals surface area (Å²) in [5.74, 6) is -1.44. The molecular formula is C12H16N2O5S. The van der Waals surface area contributed by atoms with Gasteiger partial charge in [-0.05, 0) is 31.5 Å². The summed E-state index contributed by atoms with van der Waals surface area (Å²) < 4.78 is 31.0. The second-order valence-corrected chi connectivity index (χ2v) is 5.90. The number of aryl methyl sites for hydroxylation is 1. The van der Waals surface area contributed by atoms with E-state index in [1.54, 1.807) is 6.92 Å². The molecule has 0 saturated carbocycles. The first kappa shape index (κ1) is 16.1. The largest absolute Gasteiger partial charge is 0.465 e. The van der Waals surface area contributed by atoms with Gasteiger partial charge in [-0.1, -0.05) is 6.07 Å². The molecule has 1 aromatic carbocycles. The Kier molecular flexibility index (Phi) is 4.85. The van der Waals surface area contributed by atoms with Crippen molar-refractivity contribution in [2.75, 3.05) is 7.11 Å². The number of carbonyl (C=O) groups is 2. The third-order valence-electron chi connectivity index (χ3n) is 2.66. The summed E-state index contributed by atoms with van der Waals surface area (Å²) in [4.78, 5) is 22.3. The van der Waals surface area contributed by atoms with E-state index in [1.807, 2.05) is 0 Å². The van der Waals surface area contributed by atoms with Gasteiger partial charge in [-0.2, -0.15) is 4.72 Å². The quantitative estimate of drug-likeness (QED) is 0.739. The van der Waals surface area contributed by atoms with Crippen molar-refractivity contribution in [3.63, 3.8) is 0 Å². The zero-order chi connectivity index (χ0) is 15.5. The van der Waals surface area contributed by atoms with Crippen LogP contribution in [0.1, 0.15) is 22.8 Å². The van der Waals surface area contributed by atoms with Crippen molar-refractivity contribution in [2.24, 2.45) is 5.73 Å². The number of carbonyl (C=O) groups excluding carboxylic acids is 2. The predicted octanol–water partition coefficient (Wildman–Crippen LogP) is -0.0663. The van der Waals surface area contributed by atoms with Gasteiger partial charge in [0.2, 0.25) is 15.9 Å². The zero-order valence-electron chi connectivity index (χ0n) is 11.3. The Hall–Kier alpha value is -1.93. The Bertz CT molecular complexity index is 639. The Morgan fingerprint density at radius 3 is 2.45 bits per heavy atom. The van der Waals surface area contributed by atoms with Crippen molar-refractivity contribution in [3.05, 3.63) is 29.3 Å². The Balaban J connectivity index is 3.24. The number of nitrogens with two attached hydrogens (primary N) is 1. The highest BCUT2D eigenvalue weighted by Crippen LogP contribution is 2.18. The summed E-state index contributed by atoms with van der Waals surface area (Å²) in [6.45, 7) is 2.91. The molecule has 0 aliphatic heterocycles. The van der Waals surface area contributed by atoms with Gasteiger partial charge in [0.1, 0.15) is 0 Å². The average molecular weight is 300 g/mol. The molecular weight excluding hydrogens is 284 g/mol. The van der Waals surface area contributed by atoms with Crippen LogP contribution in [0.25, 0.3) is 0 Å². The third kappa shape index (κ3) is 3.55. The molecule has 0 bridgehead atoms. The maximum absolute atomic E-state index is 12.2. The van der Waals surface area contributed by atoms with Crippen LogP contribution >= 0.6 is 0 Å². The van der Waals surface area contributed by atoms with E-state index in [2.05, 4.69) is 9.46 Å². The highest BCUT2D eigenvalue weighted by molar-refractivity contribution is 7.89. The van der Waals surface area contributed by atoms with Crippen molar-refractivity contribution >= 4 is 21.9 Å². The van der Waals surface area contributed by atoms with Gasteiger partial charge in [-0.3, -0.25) is 4.79 Å². The number of rotatable bonds is 5. The van der Waals surface area contributed by atoms with Gasteiger partial charge in [-0.15, -0.1) is 0 Å². The Morgan fingerprint density at radius 1 is 1.35 bits per heavy atom. The van der Waals surface area contributed by atoms with Gasteiger partial charge in [0.25, 0.3) is 0 Å². The number of nitrogens with one attached hydrogen (secondary N) is 1. The van der Waals surface area contributed by atoms with Crippen molar-refractivity contribution in [2.45, 2.75) is 24.8 Å². The molecule has 0 spiro atoms. The van der Waals surface area contributed by atoms with Crippen LogP contribution in [0.2, 0.25) is 0 Å². The van der Waals surface area contributed by atoms with E-state index in [4.69, 9.17) is 5.73 Å². The van der Waals surface area contributed by atoms with Crippen LogP contribution in [0.15, 0.2) is 23.1 Å². The molecule has 1 aromatic rings. The number of benzene rings is 1. The topological polar surface area (TPSA) is 116 Å². The van der Waals surface area contributed by atoms with Gasteiger partial charge < -0.3 is 10.5 Å². The molecule has 20 heavy (non-hydrogen) atoms. The highest BCUT2D eigenvalue weighted by Gasteiger charge is 2.23. The fraction of sp³-hybridized carbons (Fsp3) is 0.333. The third-order valence-corrected chi connectivity index (χ3v) is 4.34. The number of ether oxygens (including phenoxy) is 1. The van der Waals surface area contributed by atoms with Gasteiger partial charge in [-0.25, -0.2) is 13.2 Å². The van der Waals surface area contributed by atoms with E-state index in [-0.39, 0.29) is 10.5 Å². The molecule has 0 aliphatic carbocycles. The van der Waals surface area contributed by atoms with Gasteiger partial charge in [0.15, 0.2) is 0 Å². The van der Waals surface area contributed by atoms with Crippen molar-refractivity contribution in [1.29, 1.82) is 0 Å². The first-order valence-electron chi connectivity index (χ1n) is 5.69. The van der Waals surface area contributed by atoms with E-state index in [1.165, 1.54) is 32.2 Å². The SMILES string of the molecule is COC(=O)c1ccc(C)c(S(=O)(=O)N[C@@H](C)C(N)=O)c1. The van der Waals surface area contributed by atoms with Crippen LogP contribution in [0.3, 0.4) is 0 Å². The second-order valence-electron chi connectivity index (χ2n) is 4.22. The number of methoxy groups -OCH3 is 1. The molecule has 1 rings (SSSR count). The molecule has 7 nitrogen and oxygen atoms in total. The number of primary amides is 1. The minimum atomic E-state index is -3.96. The average Bonchev–Trinajstić information content (AvgIpc) is 2.37. The number of esters is 1. The standard InChI is InChI=1S/C12H16N2O5S/c1-7-4-5-9(12(16)19-3)6-10(7)20(17,18)14-8(2)11(13)15/h4-6,8,14H,1-3H3,(H2,13,15)/t8-/m0/s1. The maximum atomic E-state index is 12.2. The molecule has 3 N–H and O–H groups in total. The molecule has 0 aromatic heterocycles. The molecule has 0 heterocycles. The van der Waals surface area contributed by atoms with Gasteiger partial charge >= 0.3 is 5.97 Å². The Labute approximate surface area is 117 Å². The van der Waals surface area contributed by atoms with Crippen LogP contribution in [-0.4, -0.2) is 33.4 Å². The Morgan fingerprint density at radius 2 is 1.95 bits per heavy atom. The van der Waals surface area contributed by atoms with E-state index >= 15 is 0 Å². The van der Waals surface area contributed by atoms with Gasteiger partial charge in [0, 0.05) is 0 Å². The summed E-state index contributed by atoms with van der Waals surface area (Å²) >= 11 is 0. The number of hydrogen-bond acceptors (Lipinski definition) is 5. The molecule has 0 aliphatic rings. The number of sulfonamides is 1. The smallest absolute Gasteiger partial charge is 0.337 e. The van der Waals surface area contributed by atoms with Crippen molar-refractivity contribution in [3.8, 4) is 0 Å². The second kappa shape index (κ2) is 6.02. The van der Waals surface area contributed by atoms with Crippen molar-refractivity contribution < 1.29 is 22.7 Å². The van der Waals surface area contributed by atoms with Gasteiger partial charge in [0.05, 0.1) is 23.6 Å². The molecule has 0 radical (unpaired) electrons. The fourth-order valence-corrected chi connectivity index (χ4v) is 2.97. The van der Waals surface area contributed by atoms with E-state index < -0.39 is 27.9 Å². The summed E-state index contributed by atoms with van der Waals surface area (Å²) in [6, 6.07) is 3.08.